The van der Waals surface area contributed by atoms with E-state index in [1.165, 1.54) is 46.6 Å². The van der Waals surface area contributed by atoms with Gasteiger partial charge in [0.2, 0.25) is 15.9 Å². The number of sulfonamides is 1. The van der Waals surface area contributed by atoms with Gasteiger partial charge in [0.15, 0.2) is 0 Å². The van der Waals surface area contributed by atoms with E-state index in [4.69, 9.17) is 23.2 Å². The second-order valence-corrected chi connectivity index (χ2v) is 10.7. The lowest BCUT2D eigenvalue weighted by Gasteiger charge is -2.30. The molecule has 1 N–H and O–H groups in total. The van der Waals surface area contributed by atoms with Crippen molar-refractivity contribution in [2.75, 3.05) is 32.0 Å². The quantitative estimate of drug-likeness (QED) is 0.649. The van der Waals surface area contributed by atoms with Gasteiger partial charge in [-0.3, -0.25) is 9.59 Å². The normalized spacial score (nSPS) is 17.1. The lowest BCUT2D eigenvalue weighted by atomic mass is 10.0. The number of rotatable bonds is 6. The molecule has 0 aromatic heterocycles. The van der Waals surface area contributed by atoms with Gasteiger partial charge in [-0.2, -0.15) is 4.31 Å². The molecule has 1 fully saturated rings. The minimum Gasteiger partial charge on any atom is -0.332 e. The molecule has 2 aromatic carbocycles. The van der Waals surface area contributed by atoms with Crippen molar-refractivity contribution in [3.05, 3.63) is 58.1 Å². The van der Waals surface area contributed by atoms with Crippen LogP contribution in [-0.2, 0) is 14.8 Å². The number of carbonyl (C=O) groups is 2. The molecule has 7 nitrogen and oxygen atoms in total. The van der Waals surface area contributed by atoms with E-state index in [2.05, 4.69) is 5.32 Å². The summed E-state index contributed by atoms with van der Waals surface area (Å²) in [5.74, 6) is -0.481. The predicted octanol–water partition coefficient (Wildman–Crippen LogP) is 4.12. The van der Waals surface area contributed by atoms with Gasteiger partial charge >= 0.3 is 0 Å². The average Bonchev–Trinajstić information content (AvgIpc) is 2.75. The minimum absolute atomic E-state index is 0.156. The molecule has 172 valence electrons. The number of likely N-dealkylation sites (N-methyl/N-ethyl adjacent to an activating group) is 1. The fourth-order valence-corrected chi connectivity index (χ4v) is 5.46. The molecule has 0 aliphatic carbocycles. The Morgan fingerprint density at radius 3 is 2.44 bits per heavy atom. The number of halogens is 2. The maximum atomic E-state index is 12.9. The molecule has 0 saturated carbocycles. The van der Waals surface area contributed by atoms with E-state index < -0.39 is 21.8 Å². The third kappa shape index (κ3) is 5.81. The van der Waals surface area contributed by atoms with Crippen molar-refractivity contribution in [2.24, 2.45) is 5.92 Å². The van der Waals surface area contributed by atoms with Gasteiger partial charge in [0.25, 0.3) is 5.91 Å². The highest BCUT2D eigenvalue weighted by molar-refractivity contribution is 7.89. The molecule has 1 saturated heterocycles. The number of hydrogen-bond donors (Lipinski definition) is 1. The lowest BCUT2D eigenvalue weighted by Crippen LogP contribution is -2.39. The van der Waals surface area contributed by atoms with Crippen LogP contribution in [0.15, 0.2) is 47.4 Å². The Balaban J connectivity index is 1.63. The van der Waals surface area contributed by atoms with E-state index >= 15 is 0 Å². The Kier molecular flexibility index (Phi) is 7.82. The molecular formula is C22H25Cl2N3O4S. The summed E-state index contributed by atoms with van der Waals surface area (Å²) in [4.78, 5) is 26.4. The first-order valence-electron chi connectivity index (χ1n) is 10.2. The fraction of sp³-hybridized carbons (Fsp3) is 0.364. The van der Waals surface area contributed by atoms with Crippen molar-refractivity contribution >= 4 is 50.7 Å². The van der Waals surface area contributed by atoms with Crippen LogP contribution in [0.25, 0.3) is 0 Å². The molecule has 2 aromatic rings. The molecule has 10 heteroatoms. The number of benzene rings is 2. The second-order valence-electron chi connectivity index (χ2n) is 7.97. The zero-order valence-corrected chi connectivity index (χ0v) is 20.2. The van der Waals surface area contributed by atoms with Crippen LogP contribution in [0.3, 0.4) is 0 Å². The molecule has 2 amide bonds. The third-order valence-corrected chi connectivity index (χ3v) is 7.91. The summed E-state index contributed by atoms with van der Waals surface area (Å²) in [5.41, 5.74) is 0.757. The van der Waals surface area contributed by atoms with E-state index in [0.29, 0.717) is 40.3 Å². The highest BCUT2D eigenvalue weighted by Gasteiger charge is 2.28. The first-order chi connectivity index (χ1) is 15.1. The van der Waals surface area contributed by atoms with Crippen LogP contribution in [0, 0.1) is 5.92 Å². The van der Waals surface area contributed by atoms with E-state index in [0.717, 1.165) is 12.8 Å². The Hall–Kier alpha value is -2.13. The highest BCUT2D eigenvalue weighted by Crippen LogP contribution is 2.25. The maximum absolute atomic E-state index is 12.9. The van der Waals surface area contributed by atoms with E-state index in [1.807, 2.05) is 6.92 Å². The van der Waals surface area contributed by atoms with Crippen molar-refractivity contribution in [3.8, 4) is 0 Å². The minimum atomic E-state index is -3.59. The topological polar surface area (TPSA) is 86.8 Å². The summed E-state index contributed by atoms with van der Waals surface area (Å²) >= 11 is 11.8. The zero-order valence-electron chi connectivity index (χ0n) is 17.8. The number of carbonyl (C=O) groups excluding carboxylic acids is 2. The number of nitrogens with zero attached hydrogens (tertiary/aromatic N) is 2. The molecule has 0 radical (unpaired) electrons. The summed E-state index contributed by atoms with van der Waals surface area (Å²) in [6.45, 7) is 2.85. The molecule has 32 heavy (non-hydrogen) atoms. The van der Waals surface area contributed by atoms with Gasteiger partial charge in [0.1, 0.15) is 0 Å². The van der Waals surface area contributed by atoms with Gasteiger partial charge in [0, 0.05) is 31.4 Å². The molecule has 1 aliphatic heterocycles. The number of piperidine rings is 1. The molecular weight excluding hydrogens is 473 g/mol. The Morgan fingerprint density at radius 1 is 1.12 bits per heavy atom. The zero-order chi connectivity index (χ0) is 23.5. The van der Waals surface area contributed by atoms with E-state index in [9.17, 15) is 18.0 Å². The van der Waals surface area contributed by atoms with Crippen LogP contribution >= 0.6 is 23.2 Å². The number of amides is 2. The summed E-state index contributed by atoms with van der Waals surface area (Å²) in [6, 6.07) is 10.5. The van der Waals surface area contributed by atoms with Crippen LogP contribution in [-0.4, -0.2) is 56.1 Å². The monoisotopic (exact) mass is 497 g/mol. The van der Waals surface area contributed by atoms with Crippen LogP contribution in [0.1, 0.15) is 30.1 Å². The summed E-state index contributed by atoms with van der Waals surface area (Å²) < 4.78 is 27.2. The van der Waals surface area contributed by atoms with Crippen LogP contribution < -0.4 is 5.32 Å². The summed E-state index contributed by atoms with van der Waals surface area (Å²) in [5, 5.41) is 3.34. The molecule has 0 unspecified atom stereocenters. The highest BCUT2D eigenvalue weighted by atomic mass is 35.5. The molecule has 0 bridgehead atoms. The molecule has 3 rings (SSSR count). The van der Waals surface area contributed by atoms with Gasteiger partial charge in [-0.15, -0.1) is 0 Å². The first-order valence-corrected chi connectivity index (χ1v) is 12.4. The van der Waals surface area contributed by atoms with Crippen LogP contribution in [0.4, 0.5) is 5.69 Å². The Bertz CT molecular complexity index is 1110. The Labute approximate surface area is 198 Å². The predicted molar refractivity (Wildman–Crippen MR) is 126 cm³/mol. The van der Waals surface area contributed by atoms with Crippen molar-refractivity contribution in [1.82, 2.24) is 9.21 Å². The third-order valence-electron chi connectivity index (χ3n) is 5.29. The van der Waals surface area contributed by atoms with Gasteiger partial charge in [-0.25, -0.2) is 8.42 Å². The van der Waals surface area contributed by atoms with Crippen molar-refractivity contribution in [3.63, 3.8) is 0 Å². The van der Waals surface area contributed by atoms with Crippen molar-refractivity contribution < 1.29 is 18.0 Å². The van der Waals surface area contributed by atoms with Gasteiger partial charge in [-0.05, 0) is 61.2 Å². The molecule has 1 aliphatic rings. The van der Waals surface area contributed by atoms with E-state index in [1.54, 1.807) is 12.1 Å². The first kappa shape index (κ1) is 24.5. The molecule has 0 spiro atoms. The number of nitrogens with one attached hydrogen (secondary N) is 1. The second kappa shape index (κ2) is 10.2. The fourth-order valence-electron chi connectivity index (χ4n) is 3.57. The maximum Gasteiger partial charge on any atom is 0.254 e. The average molecular weight is 498 g/mol. The molecule has 1 atom stereocenters. The smallest absolute Gasteiger partial charge is 0.254 e. The Morgan fingerprint density at radius 2 is 1.81 bits per heavy atom. The van der Waals surface area contributed by atoms with E-state index in [-0.39, 0.29) is 11.4 Å². The van der Waals surface area contributed by atoms with Crippen molar-refractivity contribution in [2.45, 2.75) is 24.7 Å². The SMILES string of the molecule is C[C@@H]1CCCN(S(=O)(=O)c2ccc(C(=O)N(C)CC(=O)Nc3ccc(Cl)c(Cl)c3)cc2)C1. The largest absolute Gasteiger partial charge is 0.332 e. The van der Waals surface area contributed by atoms with Crippen molar-refractivity contribution in [1.29, 1.82) is 0 Å². The van der Waals surface area contributed by atoms with Gasteiger partial charge in [-0.1, -0.05) is 30.1 Å². The number of anilines is 1. The van der Waals surface area contributed by atoms with Crippen LogP contribution in [0.5, 0.6) is 0 Å². The van der Waals surface area contributed by atoms with Gasteiger partial charge < -0.3 is 10.2 Å². The number of hydrogen-bond acceptors (Lipinski definition) is 4. The standard InChI is InChI=1S/C22H25Cl2N3O4S/c1-15-4-3-11-27(13-15)32(30,31)18-8-5-16(6-9-18)22(29)26(2)14-21(28)25-17-7-10-19(23)20(24)12-17/h5-10,12,15H,3-4,11,13-14H2,1-2H3,(H,25,28)/t15-/m1/s1. The lowest BCUT2D eigenvalue weighted by molar-refractivity contribution is -0.116. The summed E-state index contributed by atoms with van der Waals surface area (Å²) in [7, 11) is -2.10. The summed E-state index contributed by atoms with van der Waals surface area (Å²) in [6.07, 6.45) is 1.86. The van der Waals surface area contributed by atoms with Crippen LogP contribution in [0.2, 0.25) is 10.0 Å². The van der Waals surface area contributed by atoms with Gasteiger partial charge in [0.05, 0.1) is 21.5 Å². The molecule has 1 heterocycles.